The molecule has 2 amide bonds. The van der Waals surface area contributed by atoms with Crippen LogP contribution in [0.1, 0.15) is 35.3 Å². The van der Waals surface area contributed by atoms with E-state index in [4.69, 9.17) is 0 Å². The second-order valence-electron chi connectivity index (χ2n) is 8.69. The Morgan fingerprint density at radius 1 is 0.800 bits per heavy atom. The van der Waals surface area contributed by atoms with E-state index in [1.165, 1.54) is 18.2 Å². The molecule has 0 saturated carbocycles. The number of carbonyl (C=O) groups excluding carboxylic acids is 2. The summed E-state index contributed by atoms with van der Waals surface area (Å²) in [4.78, 5) is 28.5. The predicted molar refractivity (Wildman–Crippen MR) is 141 cm³/mol. The summed E-state index contributed by atoms with van der Waals surface area (Å²) in [6.45, 7) is 8.21. The molecule has 0 aromatic heterocycles. The van der Waals surface area contributed by atoms with Gasteiger partial charge in [0.1, 0.15) is 0 Å². The van der Waals surface area contributed by atoms with Gasteiger partial charge in [0.05, 0.1) is 5.71 Å². The molecule has 2 N–H and O–H groups in total. The fourth-order valence-electron chi connectivity index (χ4n) is 4.08. The first-order valence-corrected chi connectivity index (χ1v) is 11.8. The van der Waals surface area contributed by atoms with Crippen LogP contribution in [0.15, 0.2) is 84.0 Å². The van der Waals surface area contributed by atoms with Crippen molar-refractivity contribution < 1.29 is 9.59 Å². The van der Waals surface area contributed by atoms with Crippen molar-refractivity contribution in [2.45, 2.75) is 20.4 Å². The minimum Gasteiger partial charge on any atom is -0.369 e. The summed E-state index contributed by atoms with van der Waals surface area (Å²) in [5.74, 6) is -0.366. The van der Waals surface area contributed by atoms with E-state index in [2.05, 4.69) is 49.9 Å². The molecule has 0 radical (unpaired) electrons. The summed E-state index contributed by atoms with van der Waals surface area (Å²) in [6, 6.07) is 25.6. The molecule has 7 nitrogen and oxygen atoms in total. The van der Waals surface area contributed by atoms with Crippen LogP contribution in [0.4, 0.5) is 11.4 Å². The van der Waals surface area contributed by atoms with Gasteiger partial charge in [-0.05, 0) is 54.4 Å². The molecule has 0 unspecified atom stereocenters. The first kappa shape index (κ1) is 24.2. The van der Waals surface area contributed by atoms with Crippen LogP contribution in [-0.2, 0) is 11.3 Å². The number of nitrogens with one attached hydrogen (secondary N) is 2. The monoisotopic (exact) mass is 469 g/mol. The van der Waals surface area contributed by atoms with E-state index < -0.39 is 0 Å². The molecular formula is C28H31N5O2. The average Bonchev–Trinajstić information content (AvgIpc) is 2.88. The highest BCUT2D eigenvalue weighted by Crippen LogP contribution is 2.17. The van der Waals surface area contributed by atoms with Gasteiger partial charge in [-0.1, -0.05) is 42.5 Å². The van der Waals surface area contributed by atoms with Gasteiger partial charge < -0.3 is 10.2 Å². The molecule has 0 aliphatic carbocycles. The summed E-state index contributed by atoms with van der Waals surface area (Å²) in [5.41, 5.74) is 7.93. The number of carbonyl (C=O) groups is 2. The highest BCUT2D eigenvalue weighted by molar-refractivity contribution is 6.01. The molecule has 0 spiro atoms. The lowest BCUT2D eigenvalue weighted by molar-refractivity contribution is -0.114. The van der Waals surface area contributed by atoms with Gasteiger partial charge >= 0.3 is 0 Å². The van der Waals surface area contributed by atoms with Crippen molar-refractivity contribution in [1.29, 1.82) is 0 Å². The quantitative estimate of drug-likeness (QED) is 0.403. The van der Waals surface area contributed by atoms with Gasteiger partial charge in [-0.25, -0.2) is 5.43 Å². The molecule has 1 fully saturated rings. The van der Waals surface area contributed by atoms with Crippen molar-refractivity contribution in [2.24, 2.45) is 5.10 Å². The van der Waals surface area contributed by atoms with E-state index in [0.717, 1.165) is 44.0 Å². The lowest BCUT2D eigenvalue weighted by Gasteiger charge is -2.36. The first-order valence-electron chi connectivity index (χ1n) is 11.8. The number of rotatable bonds is 7. The zero-order valence-corrected chi connectivity index (χ0v) is 20.2. The van der Waals surface area contributed by atoms with Gasteiger partial charge in [0.25, 0.3) is 5.91 Å². The maximum atomic E-state index is 12.5. The van der Waals surface area contributed by atoms with Crippen LogP contribution in [0.5, 0.6) is 0 Å². The molecule has 1 aliphatic heterocycles. The Hall–Kier alpha value is -3.97. The first-order chi connectivity index (χ1) is 17.0. The number of benzene rings is 3. The number of hydrazone groups is 1. The lowest BCUT2D eigenvalue weighted by atomic mass is 10.1. The number of hydrogen-bond donors (Lipinski definition) is 2. The predicted octanol–water partition coefficient (Wildman–Crippen LogP) is 4.12. The van der Waals surface area contributed by atoms with Crippen LogP contribution >= 0.6 is 0 Å². The summed E-state index contributed by atoms with van der Waals surface area (Å²) in [5, 5.41) is 6.95. The Kier molecular flexibility index (Phi) is 7.90. The van der Waals surface area contributed by atoms with E-state index in [9.17, 15) is 9.59 Å². The van der Waals surface area contributed by atoms with E-state index in [0.29, 0.717) is 11.3 Å². The summed E-state index contributed by atoms with van der Waals surface area (Å²) >= 11 is 0. The minimum atomic E-state index is -0.248. The molecular weight excluding hydrogens is 438 g/mol. The van der Waals surface area contributed by atoms with Gasteiger partial charge in [0.2, 0.25) is 5.91 Å². The smallest absolute Gasteiger partial charge is 0.271 e. The van der Waals surface area contributed by atoms with Gasteiger partial charge in [-0.15, -0.1) is 0 Å². The highest BCUT2D eigenvalue weighted by Gasteiger charge is 2.17. The third kappa shape index (κ3) is 6.77. The van der Waals surface area contributed by atoms with Crippen molar-refractivity contribution in [2.75, 3.05) is 36.4 Å². The molecule has 0 bridgehead atoms. The van der Waals surface area contributed by atoms with Gasteiger partial charge in [-0.2, -0.15) is 5.10 Å². The minimum absolute atomic E-state index is 0.118. The largest absolute Gasteiger partial charge is 0.369 e. The second kappa shape index (κ2) is 11.4. The molecule has 35 heavy (non-hydrogen) atoms. The van der Waals surface area contributed by atoms with E-state index in [1.807, 2.05) is 49.4 Å². The topological polar surface area (TPSA) is 77.0 Å². The van der Waals surface area contributed by atoms with E-state index in [-0.39, 0.29) is 11.8 Å². The maximum Gasteiger partial charge on any atom is 0.271 e. The zero-order chi connectivity index (χ0) is 24.6. The molecule has 180 valence electrons. The number of hydrogen-bond acceptors (Lipinski definition) is 5. The van der Waals surface area contributed by atoms with Crippen LogP contribution in [-0.4, -0.2) is 48.6 Å². The molecule has 7 heteroatoms. The molecule has 3 aromatic rings. The van der Waals surface area contributed by atoms with Crippen molar-refractivity contribution in [3.8, 4) is 0 Å². The second-order valence-corrected chi connectivity index (χ2v) is 8.69. The van der Waals surface area contributed by atoms with Crippen LogP contribution < -0.4 is 15.6 Å². The molecule has 0 atom stereocenters. The molecule has 1 saturated heterocycles. The van der Waals surface area contributed by atoms with Crippen LogP contribution in [0.2, 0.25) is 0 Å². The van der Waals surface area contributed by atoms with Crippen molar-refractivity contribution in [3.63, 3.8) is 0 Å². The van der Waals surface area contributed by atoms with E-state index >= 15 is 0 Å². The molecule has 3 aromatic carbocycles. The van der Waals surface area contributed by atoms with Gasteiger partial charge in [0, 0.05) is 56.6 Å². The van der Waals surface area contributed by atoms with E-state index in [1.54, 1.807) is 12.1 Å². The van der Waals surface area contributed by atoms with Crippen LogP contribution in [0, 0.1) is 0 Å². The third-order valence-corrected chi connectivity index (χ3v) is 6.06. The number of piperazine rings is 1. The fraction of sp³-hybridized carbons (Fsp3) is 0.250. The maximum absolute atomic E-state index is 12.5. The van der Waals surface area contributed by atoms with Crippen molar-refractivity contribution in [3.05, 3.63) is 95.6 Å². The number of para-hydroxylation sites is 1. The Labute approximate surface area is 206 Å². The van der Waals surface area contributed by atoms with Crippen molar-refractivity contribution >= 4 is 28.9 Å². The highest BCUT2D eigenvalue weighted by atomic mass is 16.2. The van der Waals surface area contributed by atoms with Gasteiger partial charge in [-0.3, -0.25) is 14.5 Å². The third-order valence-electron chi connectivity index (χ3n) is 6.06. The fourth-order valence-corrected chi connectivity index (χ4v) is 4.08. The lowest BCUT2D eigenvalue weighted by Crippen LogP contribution is -2.45. The SMILES string of the molecule is CC(=O)Nc1ccc(/C(C)=N/NC(=O)c2ccc(CN3CCN(c4ccccc4)CC3)cc2)cc1. The number of nitrogens with zero attached hydrogens (tertiary/aromatic N) is 3. The van der Waals surface area contributed by atoms with Gasteiger partial charge in [0.15, 0.2) is 0 Å². The summed E-state index contributed by atoms with van der Waals surface area (Å²) < 4.78 is 0. The molecule has 4 rings (SSSR count). The number of amides is 2. The van der Waals surface area contributed by atoms with Crippen molar-refractivity contribution in [1.82, 2.24) is 10.3 Å². The Bertz CT molecular complexity index is 1170. The zero-order valence-electron chi connectivity index (χ0n) is 20.2. The summed E-state index contributed by atoms with van der Waals surface area (Å²) in [6.07, 6.45) is 0. The standard InChI is InChI=1S/C28H31N5O2/c1-21(24-12-14-26(15-13-24)29-22(2)34)30-31-28(35)25-10-8-23(9-11-25)20-32-16-18-33(19-17-32)27-6-4-3-5-7-27/h3-15H,16-20H2,1-2H3,(H,29,34)(H,31,35)/b30-21+. The Balaban J connectivity index is 1.27. The van der Waals surface area contributed by atoms with Crippen LogP contribution in [0.25, 0.3) is 0 Å². The summed E-state index contributed by atoms with van der Waals surface area (Å²) in [7, 11) is 0. The normalized spacial score (nSPS) is 14.5. The molecule has 1 aliphatic rings. The average molecular weight is 470 g/mol. The Morgan fingerprint density at radius 3 is 2.06 bits per heavy atom. The number of anilines is 2. The Morgan fingerprint density at radius 2 is 1.43 bits per heavy atom. The molecule has 1 heterocycles. The van der Waals surface area contributed by atoms with Crippen LogP contribution in [0.3, 0.4) is 0 Å².